The molecule has 0 aliphatic carbocycles. The van der Waals surface area contributed by atoms with E-state index in [-0.39, 0.29) is 5.69 Å². The van der Waals surface area contributed by atoms with Gasteiger partial charge >= 0.3 is 5.97 Å². The molecule has 4 N–H and O–H groups in total. The Kier molecular flexibility index (Phi) is 3.40. The summed E-state index contributed by atoms with van der Waals surface area (Å²) in [5, 5.41) is 10.1. The van der Waals surface area contributed by atoms with Crippen molar-refractivity contribution >= 4 is 28.6 Å². The largest absolute Gasteiger partial charge is 0.477 e. The number of hydrogen-bond acceptors (Lipinski definition) is 3. The van der Waals surface area contributed by atoms with E-state index in [2.05, 4.69) is 4.98 Å². The maximum absolute atomic E-state index is 11.1. The highest BCUT2D eigenvalue weighted by atomic mass is 32.2. The summed E-state index contributed by atoms with van der Waals surface area (Å²) < 4.78 is 0. The third-order valence-electron chi connectivity index (χ3n) is 2.72. The topological polar surface area (TPSA) is 79.1 Å². The molecule has 0 aliphatic rings. The number of aromatic nitrogens is 1. The molecule has 0 fully saturated rings. The molecule has 1 aromatic heterocycles. The summed E-state index contributed by atoms with van der Waals surface area (Å²) in [6.45, 7) is 0.442. The summed E-state index contributed by atoms with van der Waals surface area (Å²) in [5.74, 6) is -0.935. The van der Waals surface area contributed by atoms with Crippen molar-refractivity contribution in [1.82, 2.24) is 4.98 Å². The Morgan fingerprint density at radius 2 is 2.29 bits per heavy atom. The van der Waals surface area contributed by atoms with Crippen molar-refractivity contribution in [3.63, 3.8) is 0 Å². The Labute approximate surface area is 103 Å². The minimum absolute atomic E-state index is 0.253. The smallest absolute Gasteiger partial charge is 0.352 e. The molecule has 0 spiro atoms. The first kappa shape index (κ1) is 12.0. The van der Waals surface area contributed by atoms with Gasteiger partial charge in [-0.25, -0.2) is 4.79 Å². The zero-order chi connectivity index (χ0) is 12.4. The van der Waals surface area contributed by atoms with Gasteiger partial charge in [-0.05, 0) is 36.9 Å². The number of benzene rings is 1. The van der Waals surface area contributed by atoms with E-state index in [1.54, 1.807) is 11.8 Å². The van der Waals surface area contributed by atoms with E-state index >= 15 is 0 Å². The van der Waals surface area contributed by atoms with E-state index < -0.39 is 5.97 Å². The summed E-state index contributed by atoms with van der Waals surface area (Å²) in [6, 6.07) is 5.91. The maximum atomic E-state index is 11.1. The molecular weight excluding hydrogens is 236 g/mol. The summed E-state index contributed by atoms with van der Waals surface area (Å²) >= 11 is 1.63. The fourth-order valence-electron chi connectivity index (χ4n) is 1.95. The number of H-pyrrole nitrogens is 1. The molecule has 0 saturated heterocycles. The Balaban J connectivity index is 2.65. The van der Waals surface area contributed by atoms with Gasteiger partial charge < -0.3 is 15.8 Å². The molecule has 4 nitrogen and oxygen atoms in total. The first-order chi connectivity index (χ1) is 8.17. The molecule has 0 aliphatic heterocycles. The summed E-state index contributed by atoms with van der Waals surface area (Å²) in [5.41, 5.74) is 7.43. The number of carboxylic acids is 1. The average molecular weight is 250 g/mol. The van der Waals surface area contributed by atoms with Crippen molar-refractivity contribution < 1.29 is 9.90 Å². The first-order valence-electron chi connectivity index (χ1n) is 5.29. The molecule has 0 saturated carbocycles. The highest BCUT2D eigenvalue weighted by Crippen LogP contribution is 2.27. The molecule has 0 atom stereocenters. The van der Waals surface area contributed by atoms with E-state index in [0.717, 1.165) is 21.4 Å². The number of carbonyl (C=O) groups is 1. The Morgan fingerprint density at radius 1 is 1.53 bits per heavy atom. The van der Waals surface area contributed by atoms with Gasteiger partial charge in [-0.1, -0.05) is 6.07 Å². The van der Waals surface area contributed by atoms with Crippen LogP contribution in [0.2, 0.25) is 0 Å². The lowest BCUT2D eigenvalue weighted by Crippen LogP contribution is -2.07. The van der Waals surface area contributed by atoms with Gasteiger partial charge in [0.15, 0.2) is 0 Å². The third-order valence-corrected chi connectivity index (χ3v) is 3.45. The SMILES string of the molecule is CSc1ccc2c(CCN)c(C(=O)O)[nH]c2c1. The minimum atomic E-state index is -0.935. The summed E-state index contributed by atoms with van der Waals surface area (Å²) in [4.78, 5) is 15.2. The van der Waals surface area contributed by atoms with Gasteiger partial charge in [0.2, 0.25) is 0 Å². The molecule has 5 heteroatoms. The molecule has 1 heterocycles. The lowest BCUT2D eigenvalue weighted by Gasteiger charge is -1.99. The van der Waals surface area contributed by atoms with E-state index in [1.165, 1.54) is 0 Å². The van der Waals surface area contributed by atoms with Crippen molar-refractivity contribution in [2.75, 3.05) is 12.8 Å². The van der Waals surface area contributed by atoms with Gasteiger partial charge in [-0.3, -0.25) is 0 Å². The molecule has 0 bridgehead atoms. The number of nitrogens with two attached hydrogens (primary N) is 1. The van der Waals surface area contributed by atoms with Crippen molar-refractivity contribution in [2.24, 2.45) is 5.73 Å². The number of hydrogen-bond donors (Lipinski definition) is 3. The highest BCUT2D eigenvalue weighted by molar-refractivity contribution is 7.98. The van der Waals surface area contributed by atoms with Crippen LogP contribution in [0.15, 0.2) is 23.1 Å². The standard InChI is InChI=1S/C12H14N2O2S/c1-17-7-2-3-8-9(4-5-13)11(12(15)16)14-10(8)6-7/h2-3,6,14H,4-5,13H2,1H3,(H,15,16). The summed E-state index contributed by atoms with van der Waals surface area (Å²) in [6.07, 6.45) is 2.56. The molecule has 1 aromatic carbocycles. The van der Waals surface area contributed by atoms with Crippen LogP contribution in [0.4, 0.5) is 0 Å². The van der Waals surface area contributed by atoms with Gasteiger partial charge in [0.1, 0.15) is 5.69 Å². The molecule has 0 unspecified atom stereocenters. The molecule has 2 aromatic rings. The number of aromatic amines is 1. The molecule has 0 radical (unpaired) electrons. The van der Waals surface area contributed by atoms with E-state index in [4.69, 9.17) is 10.8 Å². The van der Waals surface area contributed by atoms with Gasteiger partial charge in [-0.15, -0.1) is 11.8 Å². The zero-order valence-electron chi connectivity index (χ0n) is 9.49. The van der Waals surface area contributed by atoms with Gasteiger partial charge in [0, 0.05) is 15.8 Å². The molecule has 90 valence electrons. The van der Waals surface area contributed by atoms with Crippen LogP contribution in [0.5, 0.6) is 0 Å². The Bertz CT molecular complexity index is 563. The van der Waals surface area contributed by atoms with E-state index in [0.29, 0.717) is 13.0 Å². The van der Waals surface area contributed by atoms with E-state index in [1.807, 2.05) is 24.5 Å². The lowest BCUT2D eigenvalue weighted by molar-refractivity contribution is 0.0690. The van der Waals surface area contributed by atoms with Crippen LogP contribution in [-0.2, 0) is 6.42 Å². The second kappa shape index (κ2) is 4.81. The van der Waals surface area contributed by atoms with Crippen molar-refractivity contribution in [1.29, 1.82) is 0 Å². The minimum Gasteiger partial charge on any atom is -0.477 e. The molecule has 0 amide bonds. The van der Waals surface area contributed by atoms with Gasteiger partial charge in [-0.2, -0.15) is 0 Å². The Hall–Kier alpha value is -1.46. The normalized spacial score (nSPS) is 10.9. The second-order valence-corrected chi connectivity index (χ2v) is 4.61. The van der Waals surface area contributed by atoms with Crippen LogP contribution < -0.4 is 5.73 Å². The fourth-order valence-corrected chi connectivity index (χ4v) is 2.39. The third kappa shape index (κ3) is 2.16. The molecular formula is C12H14N2O2S. The zero-order valence-corrected chi connectivity index (χ0v) is 10.3. The quantitative estimate of drug-likeness (QED) is 0.726. The van der Waals surface area contributed by atoms with Crippen molar-refractivity contribution in [3.8, 4) is 0 Å². The summed E-state index contributed by atoms with van der Waals surface area (Å²) in [7, 11) is 0. The predicted molar refractivity (Wildman–Crippen MR) is 69.8 cm³/mol. The monoisotopic (exact) mass is 250 g/mol. The lowest BCUT2D eigenvalue weighted by atomic mass is 10.1. The van der Waals surface area contributed by atoms with Crippen LogP contribution >= 0.6 is 11.8 Å². The molecule has 2 rings (SSSR count). The maximum Gasteiger partial charge on any atom is 0.352 e. The van der Waals surface area contributed by atoms with Crippen molar-refractivity contribution in [2.45, 2.75) is 11.3 Å². The number of rotatable bonds is 4. The Morgan fingerprint density at radius 3 is 2.88 bits per heavy atom. The average Bonchev–Trinajstić information content (AvgIpc) is 2.68. The predicted octanol–water partition coefficient (Wildman–Crippen LogP) is 2.09. The van der Waals surface area contributed by atoms with Crippen LogP contribution in [0.3, 0.4) is 0 Å². The number of carboxylic acid groups (broad SMARTS) is 1. The van der Waals surface area contributed by atoms with Crippen LogP contribution in [0.25, 0.3) is 10.9 Å². The number of aromatic carboxylic acids is 1. The first-order valence-corrected chi connectivity index (χ1v) is 6.51. The second-order valence-electron chi connectivity index (χ2n) is 3.73. The number of thioether (sulfide) groups is 1. The van der Waals surface area contributed by atoms with Crippen LogP contribution in [0, 0.1) is 0 Å². The van der Waals surface area contributed by atoms with Crippen molar-refractivity contribution in [3.05, 3.63) is 29.5 Å². The van der Waals surface area contributed by atoms with Gasteiger partial charge in [0.05, 0.1) is 0 Å². The van der Waals surface area contributed by atoms with Crippen LogP contribution in [0.1, 0.15) is 16.1 Å². The molecule has 17 heavy (non-hydrogen) atoms. The van der Waals surface area contributed by atoms with E-state index in [9.17, 15) is 4.79 Å². The fraction of sp³-hybridized carbons (Fsp3) is 0.250. The van der Waals surface area contributed by atoms with Gasteiger partial charge in [0.25, 0.3) is 0 Å². The highest BCUT2D eigenvalue weighted by Gasteiger charge is 2.16. The number of nitrogens with one attached hydrogen (secondary N) is 1. The number of fused-ring (bicyclic) bond motifs is 1. The van der Waals surface area contributed by atoms with Crippen LogP contribution in [-0.4, -0.2) is 28.9 Å².